The minimum absolute atomic E-state index is 0.381. The number of likely N-dealkylation sites (tertiary alicyclic amines) is 1. The largest absolute Gasteiger partial charge is 0.480 e. The molecular formula is C11H15N3O3S. The molecule has 1 saturated heterocycles. The van der Waals surface area contributed by atoms with E-state index in [1.165, 1.54) is 16.2 Å². The number of aliphatic carboxylic acids is 1. The molecule has 6 nitrogen and oxygen atoms in total. The van der Waals surface area contributed by atoms with E-state index < -0.39 is 12.0 Å². The number of carboxylic acids is 1. The van der Waals surface area contributed by atoms with Crippen LogP contribution in [-0.2, 0) is 4.79 Å². The van der Waals surface area contributed by atoms with E-state index in [0.29, 0.717) is 18.1 Å². The summed E-state index contributed by atoms with van der Waals surface area (Å²) in [6.07, 6.45) is 1.24. The summed E-state index contributed by atoms with van der Waals surface area (Å²) in [5.41, 5.74) is 0.881. The molecule has 2 amide bonds. The summed E-state index contributed by atoms with van der Waals surface area (Å²) in [5.74, 6) is -0.950. The number of urea groups is 1. The molecule has 1 aliphatic heterocycles. The van der Waals surface area contributed by atoms with E-state index in [0.717, 1.165) is 17.0 Å². The minimum atomic E-state index is -0.950. The van der Waals surface area contributed by atoms with Crippen molar-refractivity contribution in [2.45, 2.75) is 32.7 Å². The first-order chi connectivity index (χ1) is 8.49. The van der Waals surface area contributed by atoms with Crippen LogP contribution in [0.15, 0.2) is 0 Å². The van der Waals surface area contributed by atoms with Gasteiger partial charge >= 0.3 is 12.0 Å². The molecule has 2 N–H and O–H groups in total. The van der Waals surface area contributed by atoms with E-state index >= 15 is 0 Å². The molecule has 1 aliphatic rings. The van der Waals surface area contributed by atoms with E-state index in [1.807, 2.05) is 13.8 Å². The maximum absolute atomic E-state index is 12.0. The summed E-state index contributed by atoms with van der Waals surface area (Å²) in [6.45, 7) is 4.28. The van der Waals surface area contributed by atoms with Gasteiger partial charge in [0.05, 0.1) is 5.69 Å². The highest BCUT2D eigenvalue weighted by molar-refractivity contribution is 7.15. The standard InChI is InChI=1S/C11H15N3O3S/c1-6-7(2)18-10(12-6)13-11(17)14-5-3-4-8(14)9(15)16/h8H,3-5H2,1-2H3,(H,15,16)(H,12,13,17)/t8-/m1/s1. The van der Waals surface area contributed by atoms with E-state index in [9.17, 15) is 9.59 Å². The summed E-state index contributed by atoms with van der Waals surface area (Å²) in [4.78, 5) is 29.6. The molecule has 0 radical (unpaired) electrons. The van der Waals surface area contributed by atoms with Gasteiger partial charge in [0, 0.05) is 11.4 Å². The zero-order valence-corrected chi connectivity index (χ0v) is 11.1. The summed E-state index contributed by atoms with van der Waals surface area (Å²) >= 11 is 1.39. The second kappa shape index (κ2) is 4.93. The summed E-state index contributed by atoms with van der Waals surface area (Å²) < 4.78 is 0. The van der Waals surface area contributed by atoms with Crippen molar-refractivity contribution in [3.63, 3.8) is 0 Å². The van der Waals surface area contributed by atoms with Crippen molar-refractivity contribution >= 4 is 28.5 Å². The number of nitrogens with one attached hydrogen (secondary N) is 1. The quantitative estimate of drug-likeness (QED) is 0.858. The normalized spacial score (nSPS) is 19.0. The Morgan fingerprint density at radius 1 is 1.50 bits per heavy atom. The highest BCUT2D eigenvalue weighted by atomic mass is 32.1. The van der Waals surface area contributed by atoms with Crippen LogP contribution in [-0.4, -0.2) is 39.6 Å². The molecule has 2 heterocycles. The molecule has 98 valence electrons. The molecular weight excluding hydrogens is 254 g/mol. The third kappa shape index (κ3) is 2.45. The summed E-state index contributed by atoms with van der Waals surface area (Å²) in [5, 5.41) is 12.2. The number of thiazole rings is 1. The summed E-state index contributed by atoms with van der Waals surface area (Å²) in [7, 11) is 0. The van der Waals surface area contributed by atoms with Gasteiger partial charge in [-0.3, -0.25) is 5.32 Å². The van der Waals surface area contributed by atoms with Crippen LogP contribution in [0.2, 0.25) is 0 Å². The van der Waals surface area contributed by atoms with Crippen LogP contribution in [0.1, 0.15) is 23.4 Å². The zero-order valence-electron chi connectivity index (χ0n) is 10.3. The lowest BCUT2D eigenvalue weighted by Crippen LogP contribution is -2.42. The number of anilines is 1. The number of hydrogen-bond acceptors (Lipinski definition) is 4. The molecule has 1 atom stereocenters. The van der Waals surface area contributed by atoms with Crippen LogP contribution < -0.4 is 5.32 Å². The number of carbonyl (C=O) groups is 2. The molecule has 0 aliphatic carbocycles. The maximum Gasteiger partial charge on any atom is 0.326 e. The number of hydrogen-bond donors (Lipinski definition) is 2. The lowest BCUT2D eigenvalue weighted by Gasteiger charge is -2.20. The van der Waals surface area contributed by atoms with Gasteiger partial charge in [-0.2, -0.15) is 0 Å². The molecule has 1 fully saturated rings. The molecule has 0 aromatic carbocycles. The Bertz CT molecular complexity index is 466. The molecule has 1 aromatic rings. The first-order valence-corrected chi connectivity index (χ1v) is 6.55. The van der Waals surface area contributed by atoms with Gasteiger partial charge in [-0.15, -0.1) is 11.3 Å². The second-order valence-corrected chi connectivity index (χ2v) is 5.48. The smallest absolute Gasteiger partial charge is 0.326 e. The van der Waals surface area contributed by atoms with E-state index in [4.69, 9.17) is 5.11 Å². The van der Waals surface area contributed by atoms with Crippen molar-refractivity contribution < 1.29 is 14.7 Å². The lowest BCUT2D eigenvalue weighted by molar-refractivity contribution is -0.141. The maximum atomic E-state index is 12.0. The third-order valence-corrected chi connectivity index (χ3v) is 4.03. The zero-order chi connectivity index (χ0) is 13.3. The molecule has 0 bridgehead atoms. The van der Waals surface area contributed by atoms with Crippen molar-refractivity contribution in [3.05, 3.63) is 10.6 Å². The van der Waals surface area contributed by atoms with Gasteiger partial charge in [-0.25, -0.2) is 14.6 Å². The molecule has 18 heavy (non-hydrogen) atoms. The number of carboxylic acid groups (broad SMARTS) is 1. The number of nitrogens with zero attached hydrogens (tertiary/aromatic N) is 2. The topological polar surface area (TPSA) is 82.5 Å². The first kappa shape index (κ1) is 12.8. The predicted molar refractivity (Wildman–Crippen MR) is 68.0 cm³/mol. The first-order valence-electron chi connectivity index (χ1n) is 5.73. The van der Waals surface area contributed by atoms with Gasteiger partial charge in [0.2, 0.25) is 0 Å². The van der Waals surface area contributed by atoms with Crippen molar-refractivity contribution in [1.29, 1.82) is 0 Å². The number of aromatic nitrogens is 1. The Hall–Kier alpha value is -1.63. The molecule has 0 unspecified atom stereocenters. The number of carbonyl (C=O) groups excluding carboxylic acids is 1. The molecule has 0 spiro atoms. The van der Waals surface area contributed by atoms with Gasteiger partial charge in [0.25, 0.3) is 0 Å². The fraction of sp³-hybridized carbons (Fsp3) is 0.545. The minimum Gasteiger partial charge on any atom is -0.480 e. The van der Waals surface area contributed by atoms with Crippen molar-refractivity contribution in [3.8, 4) is 0 Å². The van der Waals surface area contributed by atoms with Crippen molar-refractivity contribution in [2.75, 3.05) is 11.9 Å². The van der Waals surface area contributed by atoms with Gasteiger partial charge in [0.15, 0.2) is 5.13 Å². The highest BCUT2D eigenvalue weighted by Crippen LogP contribution is 2.23. The fourth-order valence-corrected chi connectivity index (χ4v) is 2.76. The number of amides is 2. The SMILES string of the molecule is Cc1nc(NC(=O)N2CCC[C@@H]2C(=O)O)sc1C. The van der Waals surface area contributed by atoms with Crippen molar-refractivity contribution in [2.24, 2.45) is 0 Å². The highest BCUT2D eigenvalue weighted by Gasteiger charge is 2.34. The van der Waals surface area contributed by atoms with E-state index in [-0.39, 0.29) is 6.03 Å². The second-order valence-electron chi connectivity index (χ2n) is 4.28. The number of aryl methyl sites for hydroxylation is 2. The molecule has 2 rings (SSSR count). The van der Waals surface area contributed by atoms with E-state index in [1.54, 1.807) is 0 Å². The Kier molecular flexibility index (Phi) is 3.51. The van der Waals surface area contributed by atoms with Gasteiger partial charge in [0.1, 0.15) is 6.04 Å². The lowest BCUT2D eigenvalue weighted by atomic mass is 10.2. The molecule has 0 saturated carbocycles. The van der Waals surface area contributed by atoms with Crippen LogP contribution in [0, 0.1) is 13.8 Å². The molecule has 7 heteroatoms. The number of rotatable bonds is 2. The molecule has 1 aromatic heterocycles. The monoisotopic (exact) mass is 269 g/mol. The van der Waals surface area contributed by atoms with Crippen LogP contribution in [0.4, 0.5) is 9.93 Å². The van der Waals surface area contributed by atoms with Crippen LogP contribution in [0.25, 0.3) is 0 Å². The third-order valence-electron chi connectivity index (χ3n) is 3.04. The summed E-state index contributed by atoms with van der Waals surface area (Å²) in [6, 6.07) is -1.10. The van der Waals surface area contributed by atoms with Crippen molar-refractivity contribution in [1.82, 2.24) is 9.88 Å². The Balaban J connectivity index is 2.05. The average molecular weight is 269 g/mol. The van der Waals surface area contributed by atoms with E-state index in [2.05, 4.69) is 10.3 Å². The van der Waals surface area contributed by atoms with Crippen LogP contribution >= 0.6 is 11.3 Å². The van der Waals surface area contributed by atoms with Crippen LogP contribution in [0.5, 0.6) is 0 Å². The Morgan fingerprint density at radius 3 is 2.78 bits per heavy atom. The van der Waals surface area contributed by atoms with Gasteiger partial charge in [-0.05, 0) is 26.7 Å². The van der Waals surface area contributed by atoms with Crippen LogP contribution in [0.3, 0.4) is 0 Å². The average Bonchev–Trinajstić information content (AvgIpc) is 2.86. The Morgan fingerprint density at radius 2 is 2.22 bits per heavy atom. The van der Waals surface area contributed by atoms with Gasteiger partial charge < -0.3 is 10.0 Å². The fourth-order valence-electron chi connectivity index (χ4n) is 1.96. The van der Waals surface area contributed by atoms with Gasteiger partial charge in [-0.1, -0.05) is 0 Å². The predicted octanol–water partition coefficient (Wildman–Crippen LogP) is 1.84. The Labute approximate surface area is 109 Å².